The fourth-order valence-corrected chi connectivity index (χ4v) is 6.56. The van der Waals surface area contributed by atoms with Gasteiger partial charge in [-0.3, -0.25) is 10.1 Å². The number of carbonyl (C=O) groups is 1. The van der Waals surface area contributed by atoms with Crippen LogP contribution in [0.4, 0.5) is 14.8 Å². The molecule has 170 valence electrons. The van der Waals surface area contributed by atoms with Gasteiger partial charge in [0, 0.05) is 18.5 Å². The molecule has 0 spiro atoms. The van der Waals surface area contributed by atoms with E-state index in [2.05, 4.69) is 15.5 Å². The van der Waals surface area contributed by atoms with Crippen molar-refractivity contribution in [3.8, 4) is 11.5 Å². The Labute approximate surface area is 187 Å². The topological polar surface area (TPSA) is 105 Å². The van der Waals surface area contributed by atoms with Crippen molar-refractivity contribution in [2.75, 3.05) is 18.4 Å². The minimum absolute atomic E-state index is 0.0435. The van der Waals surface area contributed by atoms with Crippen LogP contribution in [0.15, 0.2) is 39.0 Å². The van der Waals surface area contributed by atoms with Gasteiger partial charge in [-0.25, -0.2) is 17.2 Å². The second kappa shape index (κ2) is 8.68. The number of carbonyl (C=O) groups excluding carboxylic acids is 1. The third-order valence-electron chi connectivity index (χ3n) is 5.08. The van der Waals surface area contributed by atoms with Crippen molar-refractivity contribution in [2.24, 2.45) is 11.8 Å². The Morgan fingerprint density at radius 2 is 1.91 bits per heavy atom. The van der Waals surface area contributed by atoms with Gasteiger partial charge in [-0.15, -0.1) is 16.4 Å². The highest BCUT2D eigenvalue weighted by Crippen LogP contribution is 2.29. The summed E-state index contributed by atoms with van der Waals surface area (Å²) in [6.07, 6.45) is 0.967. The molecule has 1 saturated heterocycles. The monoisotopic (exact) mass is 482 g/mol. The first-order chi connectivity index (χ1) is 15.1. The molecule has 1 fully saturated rings. The molecule has 0 aliphatic carbocycles. The third-order valence-corrected chi connectivity index (χ3v) is 7.96. The summed E-state index contributed by atoms with van der Waals surface area (Å²) in [4.78, 5) is 12.7. The largest absolute Gasteiger partial charge is 0.403 e. The molecule has 1 aromatic carbocycles. The molecule has 0 saturated carbocycles. The number of thiophene rings is 1. The lowest BCUT2D eigenvalue weighted by Gasteiger charge is -2.33. The molecular formula is C20H20F2N4O4S2. The van der Waals surface area contributed by atoms with Crippen LogP contribution in [0.1, 0.15) is 29.9 Å². The average Bonchev–Trinajstić information content (AvgIpc) is 3.39. The van der Waals surface area contributed by atoms with E-state index in [1.807, 2.05) is 13.8 Å². The van der Waals surface area contributed by atoms with Gasteiger partial charge < -0.3 is 4.42 Å². The zero-order valence-electron chi connectivity index (χ0n) is 17.2. The summed E-state index contributed by atoms with van der Waals surface area (Å²) in [5.74, 6) is -1.90. The molecule has 0 bridgehead atoms. The summed E-state index contributed by atoms with van der Waals surface area (Å²) in [6, 6.07) is 3.73. The molecule has 1 aliphatic rings. The van der Waals surface area contributed by atoms with Crippen molar-refractivity contribution >= 4 is 33.3 Å². The van der Waals surface area contributed by atoms with Crippen LogP contribution >= 0.6 is 11.3 Å². The first-order valence-corrected chi connectivity index (χ1v) is 12.1. The number of rotatable bonds is 5. The quantitative estimate of drug-likeness (QED) is 0.589. The summed E-state index contributed by atoms with van der Waals surface area (Å²) in [5, 5.41) is 11.0. The highest BCUT2D eigenvalue weighted by atomic mass is 32.2. The Kier molecular flexibility index (Phi) is 6.10. The van der Waals surface area contributed by atoms with Crippen LogP contribution in [0.25, 0.3) is 11.5 Å². The van der Waals surface area contributed by atoms with Crippen molar-refractivity contribution < 1.29 is 26.4 Å². The molecule has 1 aliphatic heterocycles. The number of hydrogen-bond acceptors (Lipinski definition) is 7. The maximum absolute atomic E-state index is 13.9. The van der Waals surface area contributed by atoms with Crippen molar-refractivity contribution in [2.45, 2.75) is 25.2 Å². The maximum atomic E-state index is 13.9. The van der Waals surface area contributed by atoms with Crippen LogP contribution in [0.5, 0.6) is 0 Å². The zero-order valence-corrected chi connectivity index (χ0v) is 18.8. The maximum Gasteiger partial charge on any atom is 0.322 e. The lowest BCUT2D eigenvalue weighted by molar-refractivity contribution is 0.102. The molecule has 3 aromatic rings. The van der Waals surface area contributed by atoms with Crippen molar-refractivity contribution in [3.63, 3.8) is 0 Å². The van der Waals surface area contributed by atoms with Gasteiger partial charge in [0.25, 0.3) is 11.8 Å². The van der Waals surface area contributed by atoms with Crippen LogP contribution in [0.3, 0.4) is 0 Å². The zero-order chi connectivity index (χ0) is 23.0. The number of nitrogens with one attached hydrogen (secondary N) is 1. The number of halogens is 2. The molecule has 1 N–H and O–H groups in total. The number of benzene rings is 1. The standard InChI is InChI=1S/C20H20F2N4O4S2/c1-11-5-12(2)9-26(8-11)32(28,29)14-7-17(31-10-14)18(27)23-20-25-24-19(30-20)15-6-13(21)3-4-16(15)22/h3-4,6-7,10-12H,5,8-9H2,1-2H3,(H,23,25,27)/t11-,12+. The van der Waals surface area contributed by atoms with Crippen molar-refractivity contribution in [3.05, 3.63) is 46.2 Å². The number of hydrogen-bond donors (Lipinski definition) is 1. The van der Waals surface area contributed by atoms with Crippen LogP contribution in [-0.4, -0.2) is 41.9 Å². The van der Waals surface area contributed by atoms with Crippen LogP contribution in [0, 0.1) is 23.5 Å². The Morgan fingerprint density at radius 1 is 1.19 bits per heavy atom. The van der Waals surface area contributed by atoms with Gasteiger partial charge in [-0.05, 0) is 42.5 Å². The van der Waals surface area contributed by atoms with E-state index in [-0.39, 0.29) is 39.1 Å². The SMILES string of the molecule is C[C@@H]1C[C@H](C)CN(S(=O)(=O)c2csc(C(=O)Nc3nnc(-c4cc(F)ccc4F)o3)c2)C1. The summed E-state index contributed by atoms with van der Waals surface area (Å²) >= 11 is 0.960. The summed E-state index contributed by atoms with van der Waals surface area (Å²) < 4.78 is 59.9. The highest BCUT2D eigenvalue weighted by molar-refractivity contribution is 7.89. The minimum Gasteiger partial charge on any atom is -0.403 e. The molecule has 2 atom stereocenters. The predicted molar refractivity (Wildman–Crippen MR) is 114 cm³/mol. The number of amides is 1. The summed E-state index contributed by atoms with van der Waals surface area (Å²) in [6.45, 7) is 4.90. The molecule has 4 rings (SSSR count). The van der Waals surface area contributed by atoms with E-state index in [0.717, 1.165) is 36.0 Å². The fourth-order valence-electron chi connectivity index (χ4n) is 3.73. The van der Waals surface area contributed by atoms with Crippen LogP contribution < -0.4 is 5.32 Å². The summed E-state index contributed by atoms with van der Waals surface area (Å²) in [5.41, 5.74) is -0.243. The average molecular weight is 483 g/mol. The van der Waals surface area contributed by atoms with Crippen LogP contribution in [0.2, 0.25) is 0 Å². The van der Waals surface area contributed by atoms with E-state index < -0.39 is 27.6 Å². The molecule has 2 aromatic heterocycles. The molecule has 0 unspecified atom stereocenters. The minimum atomic E-state index is -3.72. The van der Waals surface area contributed by atoms with E-state index >= 15 is 0 Å². The summed E-state index contributed by atoms with van der Waals surface area (Å²) in [7, 11) is -3.72. The third kappa shape index (κ3) is 4.57. The van der Waals surface area contributed by atoms with Gasteiger partial charge in [0.15, 0.2) is 0 Å². The van der Waals surface area contributed by atoms with E-state index in [4.69, 9.17) is 4.42 Å². The lowest BCUT2D eigenvalue weighted by Crippen LogP contribution is -2.42. The molecule has 8 nitrogen and oxygen atoms in total. The Hall–Kier alpha value is -2.70. The fraction of sp³-hybridized carbons (Fsp3) is 0.350. The molecule has 1 amide bonds. The number of sulfonamides is 1. The number of anilines is 1. The molecule has 3 heterocycles. The van der Waals surface area contributed by atoms with Crippen molar-refractivity contribution in [1.29, 1.82) is 0 Å². The Bertz CT molecular complexity index is 1250. The normalized spacial score (nSPS) is 19.8. The first-order valence-electron chi connectivity index (χ1n) is 9.82. The van der Waals surface area contributed by atoms with Crippen LogP contribution in [-0.2, 0) is 10.0 Å². The Balaban J connectivity index is 1.49. The van der Waals surface area contributed by atoms with Gasteiger partial charge in [0.05, 0.1) is 15.3 Å². The molecule has 12 heteroatoms. The van der Waals surface area contributed by atoms with E-state index in [1.54, 1.807) is 0 Å². The van der Waals surface area contributed by atoms with Gasteiger partial charge in [-0.2, -0.15) is 4.31 Å². The second-order valence-electron chi connectivity index (χ2n) is 7.91. The van der Waals surface area contributed by atoms with E-state index in [1.165, 1.54) is 15.8 Å². The predicted octanol–water partition coefficient (Wildman–Crippen LogP) is 4.00. The molecular weight excluding hydrogens is 462 g/mol. The van der Waals surface area contributed by atoms with Crippen molar-refractivity contribution in [1.82, 2.24) is 14.5 Å². The number of aromatic nitrogens is 2. The van der Waals surface area contributed by atoms with E-state index in [9.17, 15) is 22.0 Å². The highest BCUT2D eigenvalue weighted by Gasteiger charge is 2.32. The first kappa shape index (κ1) is 22.5. The van der Waals surface area contributed by atoms with Gasteiger partial charge in [-0.1, -0.05) is 18.9 Å². The Morgan fingerprint density at radius 3 is 2.62 bits per heavy atom. The number of piperidine rings is 1. The molecule has 32 heavy (non-hydrogen) atoms. The smallest absolute Gasteiger partial charge is 0.322 e. The second-order valence-corrected chi connectivity index (χ2v) is 10.8. The number of nitrogens with zero attached hydrogens (tertiary/aromatic N) is 3. The van der Waals surface area contributed by atoms with Gasteiger partial charge >= 0.3 is 6.01 Å². The van der Waals surface area contributed by atoms with Gasteiger partial charge in [0.2, 0.25) is 10.0 Å². The molecule has 0 radical (unpaired) electrons. The van der Waals surface area contributed by atoms with E-state index in [0.29, 0.717) is 13.1 Å². The van der Waals surface area contributed by atoms with Gasteiger partial charge in [0.1, 0.15) is 11.6 Å². The lowest BCUT2D eigenvalue weighted by atomic mass is 9.94.